The van der Waals surface area contributed by atoms with Crippen LogP contribution >= 0.6 is 0 Å². The summed E-state index contributed by atoms with van der Waals surface area (Å²) >= 11 is 0. The lowest BCUT2D eigenvalue weighted by Gasteiger charge is -2.36. The maximum Gasteiger partial charge on any atom is 0.233 e. The summed E-state index contributed by atoms with van der Waals surface area (Å²) in [6, 6.07) is 7.54. The zero-order valence-electron chi connectivity index (χ0n) is 13.6. The van der Waals surface area contributed by atoms with Gasteiger partial charge in [0.05, 0.1) is 24.7 Å². The summed E-state index contributed by atoms with van der Waals surface area (Å²) in [5.74, 6) is 1.05. The normalized spacial score (nSPS) is 44.4. The van der Waals surface area contributed by atoms with E-state index in [-0.39, 0.29) is 35.7 Å². The number of aliphatic hydroxyl groups is 1. The standard InChI is InChI=1S/C19H21NO4/c1-3-19-15-13-9-12(16(21)17(13)24-19)14(15)18(22)20(19)10-5-7-11(8-6-10)23-4-2/h3,5-8,12-17,21H,1,4,9H2,2H3. The predicted molar refractivity (Wildman–Crippen MR) is 87.5 cm³/mol. The fraction of sp³-hybridized carbons (Fsp3) is 0.526. The Kier molecular flexibility index (Phi) is 2.78. The molecule has 24 heavy (non-hydrogen) atoms. The van der Waals surface area contributed by atoms with Crippen LogP contribution in [0.2, 0.25) is 0 Å². The summed E-state index contributed by atoms with van der Waals surface area (Å²) in [6.07, 6.45) is 1.95. The van der Waals surface area contributed by atoms with E-state index in [2.05, 4.69) is 6.58 Å². The Morgan fingerprint density at radius 1 is 1.42 bits per heavy atom. The number of ether oxygens (including phenoxy) is 2. The van der Waals surface area contributed by atoms with Crippen LogP contribution in [0.3, 0.4) is 0 Å². The van der Waals surface area contributed by atoms with Crippen molar-refractivity contribution in [2.45, 2.75) is 31.3 Å². The predicted octanol–water partition coefficient (Wildman–Crippen LogP) is 1.96. The first kappa shape index (κ1) is 14.5. The third-order valence-electron chi connectivity index (χ3n) is 6.41. The molecule has 2 bridgehead atoms. The van der Waals surface area contributed by atoms with Crippen molar-refractivity contribution in [2.75, 3.05) is 11.5 Å². The van der Waals surface area contributed by atoms with E-state index in [4.69, 9.17) is 9.47 Å². The van der Waals surface area contributed by atoms with Crippen LogP contribution < -0.4 is 9.64 Å². The van der Waals surface area contributed by atoms with Crippen LogP contribution in [-0.2, 0) is 9.53 Å². The summed E-state index contributed by atoms with van der Waals surface area (Å²) in [4.78, 5) is 14.9. The highest BCUT2D eigenvalue weighted by Crippen LogP contribution is 2.68. The van der Waals surface area contributed by atoms with Crippen molar-refractivity contribution in [1.29, 1.82) is 0 Å². The fourth-order valence-corrected chi connectivity index (χ4v) is 5.67. The fourth-order valence-electron chi connectivity index (χ4n) is 5.67. The summed E-state index contributed by atoms with van der Waals surface area (Å²) in [5, 5.41) is 10.5. The lowest BCUT2D eigenvalue weighted by molar-refractivity contribution is -0.130. The van der Waals surface area contributed by atoms with Gasteiger partial charge in [-0.3, -0.25) is 9.69 Å². The van der Waals surface area contributed by atoms with E-state index in [1.54, 1.807) is 11.0 Å². The van der Waals surface area contributed by atoms with Gasteiger partial charge in [0, 0.05) is 11.6 Å². The third-order valence-corrected chi connectivity index (χ3v) is 6.41. The number of hydrogen-bond acceptors (Lipinski definition) is 4. The van der Waals surface area contributed by atoms with Gasteiger partial charge in [-0.1, -0.05) is 6.58 Å². The number of rotatable bonds is 4. The molecular formula is C19H21NO4. The van der Waals surface area contributed by atoms with E-state index in [0.29, 0.717) is 6.61 Å². The molecule has 2 aliphatic carbocycles. The van der Waals surface area contributed by atoms with Gasteiger partial charge in [0.1, 0.15) is 5.75 Å². The molecule has 0 spiro atoms. The largest absolute Gasteiger partial charge is 0.494 e. The van der Waals surface area contributed by atoms with E-state index in [0.717, 1.165) is 17.9 Å². The monoisotopic (exact) mass is 327 g/mol. The topological polar surface area (TPSA) is 59.0 Å². The Morgan fingerprint density at radius 3 is 2.83 bits per heavy atom. The zero-order valence-corrected chi connectivity index (χ0v) is 13.6. The van der Waals surface area contributed by atoms with Gasteiger partial charge in [-0.2, -0.15) is 0 Å². The van der Waals surface area contributed by atoms with Gasteiger partial charge in [0.25, 0.3) is 0 Å². The third kappa shape index (κ3) is 1.46. The van der Waals surface area contributed by atoms with Crippen molar-refractivity contribution in [3.05, 3.63) is 36.9 Å². The molecule has 1 aromatic rings. The van der Waals surface area contributed by atoms with E-state index in [9.17, 15) is 9.90 Å². The van der Waals surface area contributed by atoms with Crippen molar-refractivity contribution < 1.29 is 19.4 Å². The minimum absolute atomic E-state index is 0.0204. The first-order valence-corrected chi connectivity index (χ1v) is 8.69. The highest BCUT2D eigenvalue weighted by Gasteiger charge is 2.77. The summed E-state index contributed by atoms with van der Waals surface area (Å²) < 4.78 is 11.8. The molecule has 1 amide bonds. The van der Waals surface area contributed by atoms with Crippen molar-refractivity contribution in [3.63, 3.8) is 0 Å². The average molecular weight is 327 g/mol. The number of fused-ring (bicyclic) bond motifs is 2. The molecule has 7 unspecified atom stereocenters. The van der Waals surface area contributed by atoms with Crippen LogP contribution in [0.4, 0.5) is 5.69 Å². The summed E-state index contributed by atoms with van der Waals surface area (Å²) in [5.41, 5.74) is -0.0246. The molecule has 2 heterocycles. The Bertz CT molecular complexity index is 717. The number of anilines is 1. The van der Waals surface area contributed by atoms with Crippen molar-refractivity contribution in [3.8, 4) is 5.75 Å². The summed E-state index contributed by atoms with van der Waals surface area (Å²) in [7, 11) is 0. The smallest absolute Gasteiger partial charge is 0.233 e. The maximum atomic E-state index is 13.2. The Labute approximate surface area is 140 Å². The van der Waals surface area contributed by atoms with E-state index in [1.807, 2.05) is 31.2 Å². The van der Waals surface area contributed by atoms with Crippen LogP contribution in [0.1, 0.15) is 13.3 Å². The highest BCUT2D eigenvalue weighted by molar-refractivity contribution is 6.01. The second-order valence-electron chi connectivity index (χ2n) is 7.24. The number of carbonyl (C=O) groups is 1. The molecule has 1 aromatic carbocycles. The molecule has 2 saturated carbocycles. The lowest BCUT2D eigenvalue weighted by atomic mass is 9.77. The Hall–Kier alpha value is -1.85. The summed E-state index contributed by atoms with van der Waals surface area (Å²) in [6.45, 7) is 6.53. The first-order valence-electron chi connectivity index (χ1n) is 8.69. The second-order valence-corrected chi connectivity index (χ2v) is 7.24. The zero-order chi connectivity index (χ0) is 16.6. The van der Waals surface area contributed by atoms with E-state index >= 15 is 0 Å². The Balaban J connectivity index is 1.58. The molecule has 5 rings (SSSR count). The number of amides is 1. The van der Waals surface area contributed by atoms with Crippen molar-refractivity contribution in [1.82, 2.24) is 0 Å². The maximum absolute atomic E-state index is 13.2. The molecule has 4 fully saturated rings. The molecule has 5 heteroatoms. The van der Waals surface area contributed by atoms with Crippen molar-refractivity contribution >= 4 is 11.6 Å². The molecule has 4 aliphatic rings. The molecule has 0 radical (unpaired) electrons. The van der Waals surface area contributed by atoms with Crippen LogP contribution in [0, 0.1) is 23.7 Å². The second kappa shape index (κ2) is 4.61. The van der Waals surface area contributed by atoms with Crippen molar-refractivity contribution in [2.24, 2.45) is 23.7 Å². The van der Waals surface area contributed by atoms with Gasteiger partial charge in [0.2, 0.25) is 5.91 Å². The van der Waals surface area contributed by atoms with Gasteiger partial charge in [-0.25, -0.2) is 0 Å². The molecular weight excluding hydrogens is 306 g/mol. The Morgan fingerprint density at radius 2 is 2.17 bits per heavy atom. The van der Waals surface area contributed by atoms with Crippen LogP contribution in [-0.4, -0.2) is 35.6 Å². The van der Waals surface area contributed by atoms with E-state index in [1.165, 1.54) is 0 Å². The first-order chi connectivity index (χ1) is 11.6. The van der Waals surface area contributed by atoms with E-state index < -0.39 is 11.8 Å². The highest BCUT2D eigenvalue weighted by atomic mass is 16.6. The molecule has 126 valence electrons. The van der Waals surface area contributed by atoms with Crippen LogP contribution in [0.15, 0.2) is 36.9 Å². The molecule has 2 saturated heterocycles. The quantitative estimate of drug-likeness (QED) is 0.859. The number of aliphatic hydroxyl groups excluding tert-OH is 1. The van der Waals surface area contributed by atoms with Gasteiger partial charge in [-0.05, 0) is 55.5 Å². The number of carbonyl (C=O) groups excluding carboxylic acids is 1. The lowest BCUT2D eigenvalue weighted by Crippen LogP contribution is -2.50. The SMILES string of the molecule is C=CC12OC3C(O)C4CC3C1C4C(=O)N2c1ccc(OCC)cc1. The molecule has 0 aromatic heterocycles. The van der Waals surface area contributed by atoms with Crippen LogP contribution in [0.25, 0.3) is 0 Å². The molecule has 5 nitrogen and oxygen atoms in total. The van der Waals surface area contributed by atoms with Gasteiger partial charge < -0.3 is 14.6 Å². The van der Waals surface area contributed by atoms with Gasteiger partial charge >= 0.3 is 0 Å². The molecule has 2 aliphatic heterocycles. The average Bonchev–Trinajstić information content (AvgIpc) is 3.25. The van der Waals surface area contributed by atoms with Crippen LogP contribution in [0.5, 0.6) is 5.75 Å². The minimum Gasteiger partial charge on any atom is -0.494 e. The van der Waals surface area contributed by atoms with Gasteiger partial charge in [0.15, 0.2) is 5.72 Å². The minimum atomic E-state index is -0.823. The number of hydrogen-bond donors (Lipinski definition) is 1. The van der Waals surface area contributed by atoms with Gasteiger partial charge in [-0.15, -0.1) is 0 Å². The number of benzene rings is 1. The molecule has 1 N–H and O–H groups in total. The molecule has 7 atom stereocenters. The number of nitrogens with zero attached hydrogens (tertiary/aromatic N) is 1.